The number of amides is 1. The van der Waals surface area contributed by atoms with Gasteiger partial charge in [-0.1, -0.05) is 65.9 Å². The number of hydrogen-bond donors (Lipinski definition) is 1. The highest BCUT2D eigenvalue weighted by Gasteiger charge is 2.24. The average Bonchev–Trinajstić information content (AvgIpc) is 3.55. The van der Waals surface area contributed by atoms with Crippen molar-refractivity contribution in [2.24, 2.45) is 0 Å². The van der Waals surface area contributed by atoms with Crippen molar-refractivity contribution >= 4 is 17.7 Å². The number of halogens is 1. The van der Waals surface area contributed by atoms with E-state index in [2.05, 4.69) is 15.5 Å². The molecule has 1 heterocycles. The molecular weight excluding hydrogens is 435 g/mol. The zero-order chi connectivity index (χ0) is 22.8. The van der Waals surface area contributed by atoms with Gasteiger partial charge in [0.1, 0.15) is 5.82 Å². The minimum absolute atomic E-state index is 0.0412. The zero-order valence-electron chi connectivity index (χ0n) is 18.2. The lowest BCUT2D eigenvalue weighted by molar-refractivity contribution is 0.0951. The highest BCUT2D eigenvalue weighted by Crippen LogP contribution is 2.31. The van der Waals surface area contributed by atoms with Crippen molar-refractivity contribution in [3.05, 3.63) is 95.3 Å². The molecule has 5 nitrogen and oxygen atoms in total. The molecule has 166 valence electrons. The first kappa shape index (κ1) is 21.4. The molecule has 0 bridgehead atoms. The first-order valence-corrected chi connectivity index (χ1v) is 11.9. The number of aryl methyl sites for hydroxylation is 1. The molecule has 1 aliphatic rings. The number of benzene rings is 3. The highest BCUT2D eigenvalue weighted by molar-refractivity contribution is 7.98. The van der Waals surface area contributed by atoms with Crippen LogP contribution in [0.1, 0.15) is 34.3 Å². The van der Waals surface area contributed by atoms with Crippen molar-refractivity contribution in [3.63, 3.8) is 0 Å². The van der Waals surface area contributed by atoms with Crippen molar-refractivity contribution in [2.45, 2.75) is 36.7 Å². The fourth-order valence-electron chi connectivity index (χ4n) is 3.55. The van der Waals surface area contributed by atoms with Gasteiger partial charge in [-0.05, 0) is 49.6 Å². The number of hydrogen-bond acceptors (Lipinski definition) is 4. The van der Waals surface area contributed by atoms with Crippen LogP contribution in [0.15, 0.2) is 78.0 Å². The van der Waals surface area contributed by atoms with Crippen molar-refractivity contribution in [1.29, 1.82) is 0 Å². The van der Waals surface area contributed by atoms with Gasteiger partial charge >= 0.3 is 0 Å². The van der Waals surface area contributed by atoms with E-state index in [0.29, 0.717) is 34.0 Å². The first-order chi connectivity index (χ1) is 16.1. The summed E-state index contributed by atoms with van der Waals surface area (Å²) in [6, 6.07) is 22.5. The molecule has 1 aromatic heterocycles. The first-order valence-electron chi connectivity index (χ1n) is 10.9. The van der Waals surface area contributed by atoms with Gasteiger partial charge in [-0.3, -0.25) is 9.36 Å². The Morgan fingerprint density at radius 2 is 1.85 bits per heavy atom. The van der Waals surface area contributed by atoms with Gasteiger partial charge in [0.15, 0.2) is 11.0 Å². The van der Waals surface area contributed by atoms with Crippen LogP contribution in [-0.2, 0) is 5.75 Å². The van der Waals surface area contributed by atoms with E-state index in [9.17, 15) is 9.18 Å². The minimum atomic E-state index is -0.341. The lowest BCUT2D eigenvalue weighted by Crippen LogP contribution is -2.25. The molecule has 1 N–H and O–H groups in total. The second-order valence-electron chi connectivity index (χ2n) is 8.20. The van der Waals surface area contributed by atoms with E-state index in [1.54, 1.807) is 22.8 Å². The lowest BCUT2D eigenvalue weighted by atomic mass is 10.1. The summed E-state index contributed by atoms with van der Waals surface area (Å²) in [6.07, 6.45) is 2.10. The number of nitrogens with one attached hydrogen (secondary N) is 1. The normalized spacial score (nSPS) is 13.2. The van der Waals surface area contributed by atoms with Crippen LogP contribution in [0.5, 0.6) is 0 Å². The number of carbonyl (C=O) groups is 1. The molecule has 1 aliphatic carbocycles. The summed E-state index contributed by atoms with van der Waals surface area (Å²) in [5, 5.41) is 12.4. The summed E-state index contributed by atoms with van der Waals surface area (Å²) in [5.74, 6) is 0.775. The van der Waals surface area contributed by atoms with Crippen LogP contribution >= 0.6 is 11.8 Å². The van der Waals surface area contributed by atoms with E-state index >= 15 is 0 Å². The van der Waals surface area contributed by atoms with Gasteiger partial charge < -0.3 is 5.32 Å². The Labute approximate surface area is 196 Å². The Hall–Kier alpha value is -3.45. The fourth-order valence-corrected chi connectivity index (χ4v) is 4.44. The van der Waals surface area contributed by atoms with Crippen LogP contribution in [0.2, 0.25) is 0 Å². The summed E-state index contributed by atoms with van der Waals surface area (Å²) in [4.78, 5) is 12.4. The van der Waals surface area contributed by atoms with E-state index in [1.165, 1.54) is 17.8 Å². The van der Waals surface area contributed by atoms with Crippen molar-refractivity contribution in [3.8, 4) is 17.1 Å². The van der Waals surface area contributed by atoms with E-state index in [-0.39, 0.29) is 11.7 Å². The monoisotopic (exact) mass is 458 g/mol. The van der Waals surface area contributed by atoms with Crippen LogP contribution in [-0.4, -0.2) is 26.7 Å². The van der Waals surface area contributed by atoms with Crippen LogP contribution in [0.4, 0.5) is 4.39 Å². The van der Waals surface area contributed by atoms with Gasteiger partial charge in [0.05, 0.1) is 5.69 Å². The number of rotatable bonds is 7. The SMILES string of the molecule is Cc1ccc(-c2nnc(SCc3cccc(C(=O)NC4CC4)c3)n2-c2ccccc2F)cc1. The molecule has 4 aromatic rings. The topological polar surface area (TPSA) is 59.8 Å². The third-order valence-electron chi connectivity index (χ3n) is 5.51. The molecular formula is C26H23FN4OS. The molecule has 1 saturated carbocycles. The van der Waals surface area contributed by atoms with Crippen molar-refractivity contribution in [2.75, 3.05) is 0 Å². The third-order valence-corrected chi connectivity index (χ3v) is 6.51. The van der Waals surface area contributed by atoms with E-state index in [1.807, 2.05) is 55.5 Å². The van der Waals surface area contributed by atoms with Gasteiger partial charge in [-0.2, -0.15) is 0 Å². The molecule has 0 spiro atoms. The Balaban J connectivity index is 1.44. The predicted octanol–water partition coefficient (Wildman–Crippen LogP) is 5.57. The summed E-state index contributed by atoms with van der Waals surface area (Å²) >= 11 is 1.46. The molecule has 0 saturated heterocycles. The molecule has 0 atom stereocenters. The Bertz CT molecular complexity index is 1300. The van der Waals surface area contributed by atoms with Gasteiger partial charge in [-0.15, -0.1) is 10.2 Å². The quantitative estimate of drug-likeness (QED) is 0.368. The Morgan fingerprint density at radius 3 is 2.61 bits per heavy atom. The lowest BCUT2D eigenvalue weighted by Gasteiger charge is -2.12. The van der Waals surface area contributed by atoms with Crippen LogP contribution in [0, 0.1) is 12.7 Å². The molecule has 1 fully saturated rings. The summed E-state index contributed by atoms with van der Waals surface area (Å²) in [5.41, 5.74) is 4.04. The summed E-state index contributed by atoms with van der Waals surface area (Å²) < 4.78 is 16.5. The van der Waals surface area contributed by atoms with Crippen LogP contribution < -0.4 is 5.32 Å². The van der Waals surface area contributed by atoms with Crippen LogP contribution in [0.3, 0.4) is 0 Å². The summed E-state index contributed by atoms with van der Waals surface area (Å²) in [7, 11) is 0. The number of aromatic nitrogens is 3. The Morgan fingerprint density at radius 1 is 1.06 bits per heavy atom. The van der Waals surface area contributed by atoms with E-state index in [0.717, 1.165) is 29.5 Å². The standard InChI is InChI=1S/C26H23FN4OS/c1-17-9-11-19(12-10-17)24-29-30-26(31(24)23-8-3-2-7-22(23)27)33-16-18-5-4-6-20(15-18)25(32)28-21-13-14-21/h2-12,15,21H,13-14,16H2,1H3,(H,28,32). The van der Waals surface area contributed by atoms with Crippen molar-refractivity contribution in [1.82, 2.24) is 20.1 Å². The molecule has 3 aromatic carbocycles. The smallest absolute Gasteiger partial charge is 0.251 e. The summed E-state index contributed by atoms with van der Waals surface area (Å²) in [6.45, 7) is 2.02. The fraction of sp³-hybridized carbons (Fsp3) is 0.192. The van der Waals surface area contributed by atoms with Gasteiger partial charge in [0.25, 0.3) is 5.91 Å². The number of para-hydroxylation sites is 1. The van der Waals surface area contributed by atoms with Gasteiger partial charge in [-0.25, -0.2) is 4.39 Å². The van der Waals surface area contributed by atoms with Gasteiger partial charge in [0.2, 0.25) is 0 Å². The maximum atomic E-state index is 14.8. The maximum Gasteiger partial charge on any atom is 0.251 e. The second-order valence-corrected chi connectivity index (χ2v) is 9.14. The number of nitrogens with zero attached hydrogens (tertiary/aromatic N) is 3. The van der Waals surface area contributed by atoms with E-state index < -0.39 is 0 Å². The second kappa shape index (κ2) is 9.19. The van der Waals surface area contributed by atoms with E-state index in [4.69, 9.17) is 0 Å². The molecule has 1 amide bonds. The molecule has 7 heteroatoms. The number of thioether (sulfide) groups is 1. The predicted molar refractivity (Wildman–Crippen MR) is 128 cm³/mol. The molecule has 0 unspecified atom stereocenters. The third kappa shape index (κ3) is 4.83. The largest absolute Gasteiger partial charge is 0.349 e. The molecule has 0 radical (unpaired) electrons. The highest BCUT2D eigenvalue weighted by atomic mass is 32.2. The number of carbonyl (C=O) groups excluding carboxylic acids is 1. The zero-order valence-corrected chi connectivity index (χ0v) is 19.0. The minimum Gasteiger partial charge on any atom is -0.349 e. The average molecular weight is 459 g/mol. The maximum absolute atomic E-state index is 14.8. The molecule has 5 rings (SSSR count). The molecule has 0 aliphatic heterocycles. The molecule has 33 heavy (non-hydrogen) atoms. The Kier molecular flexibility index (Phi) is 5.96. The van der Waals surface area contributed by atoms with Crippen molar-refractivity contribution < 1.29 is 9.18 Å². The van der Waals surface area contributed by atoms with Gasteiger partial charge in [0, 0.05) is 22.9 Å². The van der Waals surface area contributed by atoms with Crippen LogP contribution in [0.25, 0.3) is 17.1 Å².